The summed E-state index contributed by atoms with van der Waals surface area (Å²) in [6.07, 6.45) is 1.02. The van der Waals surface area contributed by atoms with Crippen LogP contribution in [0.2, 0.25) is 0 Å². The zero-order valence-electron chi connectivity index (χ0n) is 13.7. The van der Waals surface area contributed by atoms with Gasteiger partial charge >= 0.3 is 0 Å². The van der Waals surface area contributed by atoms with Gasteiger partial charge in [0.15, 0.2) is 0 Å². The molecule has 0 atom stereocenters. The predicted molar refractivity (Wildman–Crippen MR) is 84.4 cm³/mol. The maximum Gasteiger partial charge on any atom is 0.220 e. The lowest BCUT2D eigenvalue weighted by molar-refractivity contribution is -0.126. The van der Waals surface area contributed by atoms with Crippen LogP contribution in [0, 0.1) is 6.92 Å². The van der Waals surface area contributed by atoms with E-state index in [0.717, 1.165) is 11.3 Å². The lowest BCUT2D eigenvalue weighted by Gasteiger charge is -2.38. The van der Waals surface area contributed by atoms with Gasteiger partial charge in [-0.05, 0) is 52.7 Å². The van der Waals surface area contributed by atoms with Crippen LogP contribution in [0.25, 0.3) is 0 Å². The molecular formula is C17H27NO3. The zero-order valence-corrected chi connectivity index (χ0v) is 13.7. The molecule has 1 aromatic carbocycles. The molecule has 0 aliphatic carbocycles. The fourth-order valence-electron chi connectivity index (χ4n) is 1.70. The highest BCUT2D eigenvalue weighted by Crippen LogP contribution is 2.21. The third kappa shape index (κ3) is 5.38. The molecule has 0 heterocycles. The van der Waals surface area contributed by atoms with E-state index >= 15 is 0 Å². The summed E-state index contributed by atoms with van der Waals surface area (Å²) in [4.78, 5) is 11.9. The lowest BCUT2D eigenvalue weighted by Crippen LogP contribution is -2.57. The van der Waals surface area contributed by atoms with Crippen LogP contribution in [0.3, 0.4) is 0 Å². The van der Waals surface area contributed by atoms with Crippen molar-refractivity contribution >= 4 is 5.91 Å². The smallest absolute Gasteiger partial charge is 0.220 e. The van der Waals surface area contributed by atoms with Gasteiger partial charge < -0.3 is 15.2 Å². The summed E-state index contributed by atoms with van der Waals surface area (Å²) in [7, 11) is 0. The maximum absolute atomic E-state index is 11.9. The third-order valence-electron chi connectivity index (χ3n) is 3.88. The number of benzene rings is 1. The van der Waals surface area contributed by atoms with Gasteiger partial charge in [0.2, 0.25) is 5.91 Å². The topological polar surface area (TPSA) is 58.6 Å². The van der Waals surface area contributed by atoms with Gasteiger partial charge in [0.25, 0.3) is 0 Å². The van der Waals surface area contributed by atoms with Crippen molar-refractivity contribution in [2.45, 2.75) is 58.6 Å². The van der Waals surface area contributed by atoms with E-state index in [2.05, 4.69) is 5.32 Å². The number of hydrogen-bond donors (Lipinski definition) is 2. The standard InChI is InChI=1S/C17H27NO3/c1-13-9-6-7-10-14(13)21-12-8-11-15(19)18-16(2,3)17(4,5)20/h6-7,9-10,20H,8,11-12H2,1-5H3,(H,18,19). The van der Waals surface area contributed by atoms with Gasteiger partial charge in [-0.2, -0.15) is 0 Å². The third-order valence-corrected chi connectivity index (χ3v) is 3.88. The Morgan fingerprint density at radius 1 is 1.24 bits per heavy atom. The van der Waals surface area contributed by atoms with E-state index in [-0.39, 0.29) is 5.91 Å². The summed E-state index contributed by atoms with van der Waals surface area (Å²) >= 11 is 0. The highest BCUT2D eigenvalue weighted by Gasteiger charge is 2.35. The normalized spacial score (nSPS) is 12.1. The molecule has 0 aliphatic heterocycles. The Balaban J connectivity index is 2.33. The van der Waals surface area contributed by atoms with Crippen LogP contribution in [0.4, 0.5) is 0 Å². The number of aryl methyl sites for hydroxylation is 1. The molecule has 0 aliphatic rings. The molecule has 118 valence electrons. The second-order valence-electron chi connectivity index (χ2n) is 6.45. The van der Waals surface area contributed by atoms with Crippen molar-refractivity contribution in [1.82, 2.24) is 5.32 Å². The first kappa shape index (κ1) is 17.5. The minimum atomic E-state index is -0.972. The van der Waals surface area contributed by atoms with E-state index in [1.54, 1.807) is 13.8 Å². The maximum atomic E-state index is 11.9. The molecule has 0 radical (unpaired) electrons. The Kier molecular flexibility index (Phi) is 5.78. The number of hydrogen-bond acceptors (Lipinski definition) is 3. The summed E-state index contributed by atoms with van der Waals surface area (Å²) in [6, 6.07) is 7.82. The van der Waals surface area contributed by atoms with E-state index in [4.69, 9.17) is 4.74 Å². The Bertz CT molecular complexity index is 475. The molecule has 0 aromatic heterocycles. The Morgan fingerprint density at radius 2 is 1.86 bits per heavy atom. The first-order valence-electron chi connectivity index (χ1n) is 7.35. The predicted octanol–water partition coefficient (Wildman–Crippen LogP) is 2.82. The summed E-state index contributed by atoms with van der Waals surface area (Å²) in [5, 5.41) is 12.9. The molecule has 1 aromatic rings. The van der Waals surface area contributed by atoms with E-state index < -0.39 is 11.1 Å². The largest absolute Gasteiger partial charge is 0.493 e. The molecule has 0 saturated carbocycles. The van der Waals surface area contributed by atoms with Gasteiger partial charge in [-0.25, -0.2) is 0 Å². The average molecular weight is 293 g/mol. The molecule has 1 amide bonds. The first-order chi connectivity index (χ1) is 9.63. The fourth-order valence-corrected chi connectivity index (χ4v) is 1.70. The van der Waals surface area contributed by atoms with E-state index in [1.807, 2.05) is 45.0 Å². The summed E-state index contributed by atoms with van der Waals surface area (Å²) in [5.74, 6) is 0.783. The number of amides is 1. The first-order valence-corrected chi connectivity index (χ1v) is 7.35. The monoisotopic (exact) mass is 293 g/mol. The molecule has 21 heavy (non-hydrogen) atoms. The fraction of sp³-hybridized carbons (Fsp3) is 0.588. The minimum absolute atomic E-state index is 0.0736. The van der Waals surface area contributed by atoms with Gasteiger partial charge in [0, 0.05) is 6.42 Å². The summed E-state index contributed by atoms with van der Waals surface area (Å²) in [5.41, 5.74) is -0.550. The van der Waals surface area contributed by atoms with Crippen molar-refractivity contribution in [3.8, 4) is 5.75 Å². The van der Waals surface area contributed by atoms with Crippen molar-refractivity contribution in [1.29, 1.82) is 0 Å². The number of ether oxygens (including phenoxy) is 1. The van der Waals surface area contributed by atoms with E-state index in [1.165, 1.54) is 0 Å². The second-order valence-corrected chi connectivity index (χ2v) is 6.45. The van der Waals surface area contributed by atoms with E-state index in [0.29, 0.717) is 19.4 Å². The van der Waals surface area contributed by atoms with Crippen molar-refractivity contribution < 1.29 is 14.6 Å². The molecule has 0 spiro atoms. The van der Waals surface area contributed by atoms with Gasteiger partial charge in [-0.15, -0.1) is 0 Å². The van der Waals surface area contributed by atoms with Crippen molar-refractivity contribution in [3.63, 3.8) is 0 Å². The van der Waals surface area contributed by atoms with Gasteiger partial charge in [-0.3, -0.25) is 4.79 Å². The number of rotatable bonds is 7. The van der Waals surface area contributed by atoms with Crippen LogP contribution < -0.4 is 10.1 Å². The number of nitrogens with one attached hydrogen (secondary N) is 1. The molecule has 0 bridgehead atoms. The van der Waals surface area contributed by atoms with Gasteiger partial charge in [0.05, 0.1) is 17.7 Å². The highest BCUT2D eigenvalue weighted by molar-refractivity contribution is 5.76. The molecule has 0 unspecified atom stereocenters. The van der Waals surface area contributed by atoms with Crippen molar-refractivity contribution in [3.05, 3.63) is 29.8 Å². The molecule has 2 N–H and O–H groups in total. The second kappa shape index (κ2) is 6.94. The Hall–Kier alpha value is -1.55. The molecular weight excluding hydrogens is 266 g/mol. The molecule has 4 nitrogen and oxygen atoms in total. The number of carbonyl (C=O) groups excluding carboxylic acids is 1. The number of carbonyl (C=O) groups is 1. The minimum Gasteiger partial charge on any atom is -0.493 e. The van der Waals surface area contributed by atoms with Crippen LogP contribution in [-0.4, -0.2) is 28.8 Å². The van der Waals surface area contributed by atoms with Crippen LogP contribution in [0.1, 0.15) is 46.1 Å². The van der Waals surface area contributed by atoms with Crippen LogP contribution in [0.15, 0.2) is 24.3 Å². The lowest BCUT2D eigenvalue weighted by atomic mass is 9.86. The molecule has 4 heteroatoms. The Labute approximate surface area is 127 Å². The van der Waals surface area contributed by atoms with Crippen molar-refractivity contribution in [2.24, 2.45) is 0 Å². The molecule has 0 fully saturated rings. The zero-order chi connectivity index (χ0) is 16.1. The average Bonchev–Trinajstić information content (AvgIpc) is 2.34. The van der Waals surface area contributed by atoms with Crippen LogP contribution >= 0.6 is 0 Å². The quantitative estimate of drug-likeness (QED) is 0.760. The van der Waals surface area contributed by atoms with Gasteiger partial charge in [0.1, 0.15) is 5.75 Å². The molecule has 0 saturated heterocycles. The van der Waals surface area contributed by atoms with Crippen molar-refractivity contribution in [2.75, 3.05) is 6.61 Å². The summed E-state index contributed by atoms with van der Waals surface area (Å²) in [6.45, 7) is 9.50. The summed E-state index contributed by atoms with van der Waals surface area (Å²) < 4.78 is 5.66. The molecule has 1 rings (SSSR count). The van der Waals surface area contributed by atoms with E-state index in [9.17, 15) is 9.90 Å². The SMILES string of the molecule is Cc1ccccc1OCCCC(=O)NC(C)(C)C(C)(C)O. The van der Waals surface area contributed by atoms with Crippen LogP contribution in [0.5, 0.6) is 5.75 Å². The Morgan fingerprint density at radius 3 is 2.43 bits per heavy atom. The van der Waals surface area contributed by atoms with Crippen LogP contribution in [-0.2, 0) is 4.79 Å². The van der Waals surface area contributed by atoms with Gasteiger partial charge in [-0.1, -0.05) is 18.2 Å². The highest BCUT2D eigenvalue weighted by atomic mass is 16.5. The number of para-hydroxylation sites is 1. The number of aliphatic hydroxyl groups is 1.